The highest BCUT2D eigenvalue weighted by molar-refractivity contribution is 6.30. The second-order valence-electron chi connectivity index (χ2n) is 6.49. The zero-order valence-corrected chi connectivity index (χ0v) is 12.5. The van der Waals surface area contributed by atoms with E-state index in [0.717, 1.165) is 6.42 Å². The molecule has 5 heteroatoms. The number of carboxylic acid groups (broad SMARTS) is 1. The summed E-state index contributed by atoms with van der Waals surface area (Å²) in [6.45, 7) is 0. The summed E-state index contributed by atoms with van der Waals surface area (Å²) in [7, 11) is 0. The summed E-state index contributed by atoms with van der Waals surface area (Å²) < 4.78 is 0. The fourth-order valence-electron chi connectivity index (χ4n) is 4.33. The molecule has 2 saturated carbocycles. The molecule has 0 unspecified atom stereocenters. The van der Waals surface area contributed by atoms with Gasteiger partial charge in [0, 0.05) is 10.7 Å². The van der Waals surface area contributed by atoms with E-state index in [4.69, 9.17) is 11.6 Å². The minimum absolute atomic E-state index is 0.00784. The molecule has 0 saturated heterocycles. The highest BCUT2D eigenvalue weighted by Crippen LogP contribution is 2.63. The van der Waals surface area contributed by atoms with Crippen LogP contribution in [0.3, 0.4) is 0 Å². The van der Waals surface area contributed by atoms with Gasteiger partial charge in [0.25, 0.3) is 0 Å². The number of fused-ring (bicyclic) bond motifs is 1. The van der Waals surface area contributed by atoms with E-state index in [0.29, 0.717) is 22.5 Å². The number of nitrogens with one attached hydrogen (secondary N) is 1. The quantitative estimate of drug-likeness (QED) is 0.842. The van der Waals surface area contributed by atoms with E-state index in [2.05, 4.69) is 11.4 Å². The largest absolute Gasteiger partial charge is 0.481 e. The summed E-state index contributed by atoms with van der Waals surface area (Å²) in [6.07, 6.45) is 5.13. The Labute approximate surface area is 133 Å². The number of benzene rings is 1. The Morgan fingerprint density at radius 1 is 1.05 bits per heavy atom. The van der Waals surface area contributed by atoms with Crippen molar-refractivity contribution in [1.29, 1.82) is 0 Å². The monoisotopic (exact) mass is 317 g/mol. The van der Waals surface area contributed by atoms with Crippen molar-refractivity contribution >= 4 is 29.2 Å². The van der Waals surface area contributed by atoms with E-state index in [1.165, 1.54) is 0 Å². The van der Waals surface area contributed by atoms with E-state index in [1.807, 2.05) is 6.08 Å². The number of hydrogen-bond donors (Lipinski definition) is 2. The highest BCUT2D eigenvalue weighted by atomic mass is 35.5. The molecule has 2 fully saturated rings. The Hall–Kier alpha value is -1.81. The number of carbonyl (C=O) groups is 2. The van der Waals surface area contributed by atoms with Gasteiger partial charge < -0.3 is 10.4 Å². The SMILES string of the molecule is O=C(O)[C@H]1[C@@H]2C=C[C@H]([C@H]3C[C@H]23)[C@@H]1C(=O)Nc1ccc(Cl)cc1. The second kappa shape index (κ2) is 4.85. The van der Waals surface area contributed by atoms with Crippen LogP contribution in [0.1, 0.15) is 6.42 Å². The summed E-state index contributed by atoms with van der Waals surface area (Å²) in [5.74, 6) is -1.11. The van der Waals surface area contributed by atoms with Gasteiger partial charge in [0.15, 0.2) is 0 Å². The lowest BCUT2D eigenvalue weighted by atomic mass is 9.62. The minimum atomic E-state index is -0.860. The molecule has 0 heterocycles. The van der Waals surface area contributed by atoms with Gasteiger partial charge in [0.1, 0.15) is 0 Å². The number of carboxylic acids is 1. The molecule has 0 spiro atoms. The maximum absolute atomic E-state index is 12.7. The summed E-state index contributed by atoms with van der Waals surface area (Å²) >= 11 is 5.84. The topological polar surface area (TPSA) is 66.4 Å². The molecule has 2 N–H and O–H groups in total. The third kappa shape index (κ3) is 2.05. The Kier molecular flexibility index (Phi) is 3.05. The zero-order chi connectivity index (χ0) is 15.4. The van der Waals surface area contributed by atoms with Crippen molar-refractivity contribution in [3.05, 3.63) is 41.4 Å². The standard InChI is InChI=1S/C17H16ClNO3/c18-8-1-3-9(4-2-8)19-16(20)14-10-5-6-11(13-7-12(10)13)15(14)17(21)22/h1-6,10-15H,7H2,(H,19,20)(H,21,22)/t10-,11-,12-,13-,14+,15+/m1/s1. The van der Waals surface area contributed by atoms with E-state index in [1.54, 1.807) is 24.3 Å². The number of allylic oxidation sites excluding steroid dienone is 2. The first kappa shape index (κ1) is 13.8. The van der Waals surface area contributed by atoms with Crippen molar-refractivity contribution in [2.75, 3.05) is 5.32 Å². The summed E-state index contributed by atoms with van der Waals surface area (Å²) in [4.78, 5) is 24.4. The molecule has 4 aliphatic carbocycles. The average molecular weight is 318 g/mol. The van der Waals surface area contributed by atoms with Crippen molar-refractivity contribution in [3.63, 3.8) is 0 Å². The molecular weight excluding hydrogens is 302 g/mol. The van der Waals surface area contributed by atoms with Gasteiger partial charge in [-0.05, 0) is 54.4 Å². The van der Waals surface area contributed by atoms with Crippen molar-refractivity contribution in [3.8, 4) is 0 Å². The van der Waals surface area contributed by atoms with Crippen molar-refractivity contribution < 1.29 is 14.7 Å². The van der Waals surface area contributed by atoms with Gasteiger partial charge in [-0.25, -0.2) is 0 Å². The number of halogens is 1. The maximum atomic E-state index is 12.7. The number of anilines is 1. The van der Waals surface area contributed by atoms with Crippen LogP contribution in [0.15, 0.2) is 36.4 Å². The summed E-state index contributed by atoms with van der Waals surface area (Å²) in [5.41, 5.74) is 0.649. The number of aliphatic carboxylic acids is 1. The zero-order valence-electron chi connectivity index (χ0n) is 11.8. The molecule has 6 atom stereocenters. The van der Waals surface area contributed by atoms with Crippen LogP contribution in [0.4, 0.5) is 5.69 Å². The molecular formula is C17H16ClNO3. The van der Waals surface area contributed by atoms with Crippen LogP contribution in [0.2, 0.25) is 5.02 Å². The van der Waals surface area contributed by atoms with E-state index >= 15 is 0 Å². The lowest BCUT2D eigenvalue weighted by Crippen LogP contribution is -2.48. The third-order valence-electron chi connectivity index (χ3n) is 5.35. The summed E-state index contributed by atoms with van der Waals surface area (Å²) in [6, 6.07) is 6.87. The Morgan fingerprint density at radius 2 is 1.64 bits per heavy atom. The first-order valence-electron chi connectivity index (χ1n) is 7.54. The number of amides is 1. The third-order valence-corrected chi connectivity index (χ3v) is 5.60. The van der Waals surface area contributed by atoms with Crippen LogP contribution in [0.5, 0.6) is 0 Å². The number of hydrogen-bond acceptors (Lipinski definition) is 2. The second-order valence-corrected chi connectivity index (χ2v) is 6.93. The molecule has 0 aromatic heterocycles. The molecule has 4 nitrogen and oxygen atoms in total. The molecule has 22 heavy (non-hydrogen) atoms. The number of rotatable bonds is 3. The van der Waals surface area contributed by atoms with E-state index in [-0.39, 0.29) is 17.7 Å². The molecule has 0 aliphatic heterocycles. The van der Waals surface area contributed by atoms with Gasteiger partial charge in [-0.2, -0.15) is 0 Å². The Balaban J connectivity index is 1.60. The van der Waals surface area contributed by atoms with Crippen LogP contribution >= 0.6 is 11.6 Å². The Morgan fingerprint density at radius 3 is 2.23 bits per heavy atom. The lowest BCUT2D eigenvalue weighted by molar-refractivity contribution is -0.152. The molecule has 4 aliphatic rings. The highest BCUT2D eigenvalue weighted by Gasteiger charge is 2.62. The fourth-order valence-corrected chi connectivity index (χ4v) is 4.45. The molecule has 1 amide bonds. The Bertz CT molecular complexity index is 669. The van der Waals surface area contributed by atoms with Crippen molar-refractivity contribution in [1.82, 2.24) is 0 Å². The predicted octanol–water partition coefficient (Wildman–Crippen LogP) is 3.05. The molecule has 0 radical (unpaired) electrons. The maximum Gasteiger partial charge on any atom is 0.307 e. The predicted molar refractivity (Wildman–Crippen MR) is 82.4 cm³/mol. The van der Waals surface area contributed by atoms with Crippen LogP contribution in [0, 0.1) is 35.5 Å². The van der Waals surface area contributed by atoms with Gasteiger partial charge in [-0.15, -0.1) is 0 Å². The van der Waals surface area contributed by atoms with E-state index < -0.39 is 17.8 Å². The van der Waals surface area contributed by atoms with Crippen molar-refractivity contribution in [2.24, 2.45) is 35.5 Å². The van der Waals surface area contributed by atoms with Crippen LogP contribution in [0.25, 0.3) is 0 Å². The first-order chi connectivity index (χ1) is 10.6. The molecule has 114 valence electrons. The summed E-state index contributed by atoms with van der Waals surface area (Å²) in [5, 5.41) is 13.0. The molecule has 1 aromatic rings. The van der Waals surface area contributed by atoms with Crippen LogP contribution < -0.4 is 5.32 Å². The van der Waals surface area contributed by atoms with Crippen LogP contribution in [-0.2, 0) is 9.59 Å². The van der Waals surface area contributed by atoms with Gasteiger partial charge in [0.2, 0.25) is 5.91 Å². The smallest absolute Gasteiger partial charge is 0.307 e. The minimum Gasteiger partial charge on any atom is -0.481 e. The normalized spacial score (nSPS) is 37.5. The number of carbonyl (C=O) groups excluding carboxylic acids is 1. The van der Waals surface area contributed by atoms with Gasteiger partial charge in [-0.3, -0.25) is 9.59 Å². The molecule has 5 rings (SSSR count). The van der Waals surface area contributed by atoms with Gasteiger partial charge in [0.05, 0.1) is 11.8 Å². The molecule has 1 aromatic carbocycles. The van der Waals surface area contributed by atoms with E-state index in [9.17, 15) is 14.7 Å². The van der Waals surface area contributed by atoms with Gasteiger partial charge in [-0.1, -0.05) is 23.8 Å². The lowest BCUT2D eigenvalue weighted by Gasteiger charge is -2.41. The van der Waals surface area contributed by atoms with Crippen molar-refractivity contribution in [2.45, 2.75) is 6.42 Å². The van der Waals surface area contributed by atoms with Crippen LogP contribution in [-0.4, -0.2) is 17.0 Å². The average Bonchev–Trinajstić information content (AvgIpc) is 3.30. The molecule has 2 bridgehead atoms. The fraction of sp³-hybridized carbons (Fsp3) is 0.412. The first-order valence-corrected chi connectivity index (χ1v) is 7.91. The van der Waals surface area contributed by atoms with Gasteiger partial charge >= 0.3 is 5.97 Å².